The molecule has 0 N–H and O–H groups in total. The van der Waals surface area contributed by atoms with Crippen LogP contribution in [0.5, 0.6) is 0 Å². The third-order valence-electron chi connectivity index (χ3n) is 4.44. The number of hydrogen-bond donors (Lipinski definition) is 0. The Balaban J connectivity index is 2.00. The zero-order valence-corrected chi connectivity index (χ0v) is 11.3. The van der Waals surface area contributed by atoms with Crippen LogP contribution in [-0.4, -0.2) is 48.4 Å². The van der Waals surface area contributed by atoms with Gasteiger partial charge in [0.2, 0.25) is 5.91 Å². The van der Waals surface area contributed by atoms with Gasteiger partial charge in [0.05, 0.1) is 6.07 Å². The molecule has 0 bridgehead atoms. The van der Waals surface area contributed by atoms with Gasteiger partial charge in [-0.05, 0) is 19.4 Å². The maximum absolute atomic E-state index is 12.6. The van der Waals surface area contributed by atoms with Gasteiger partial charge in [-0.1, -0.05) is 26.2 Å². The number of hydrogen-bond acceptors (Lipinski definition) is 3. The Labute approximate surface area is 110 Å². The van der Waals surface area contributed by atoms with E-state index in [0.717, 1.165) is 58.4 Å². The molecule has 100 valence electrons. The van der Waals surface area contributed by atoms with E-state index in [1.165, 1.54) is 6.42 Å². The highest BCUT2D eigenvalue weighted by atomic mass is 16.2. The minimum Gasteiger partial charge on any atom is -0.339 e. The molecule has 0 unspecified atom stereocenters. The number of carbonyl (C=O) groups is 1. The van der Waals surface area contributed by atoms with E-state index in [2.05, 4.69) is 17.9 Å². The van der Waals surface area contributed by atoms with Crippen LogP contribution in [0, 0.1) is 16.7 Å². The van der Waals surface area contributed by atoms with Crippen molar-refractivity contribution < 1.29 is 4.79 Å². The Morgan fingerprint density at radius 2 is 1.78 bits per heavy atom. The Bertz CT molecular complexity index is 333. The van der Waals surface area contributed by atoms with Crippen molar-refractivity contribution in [2.75, 3.05) is 32.7 Å². The second-order valence-corrected chi connectivity index (χ2v) is 5.48. The molecule has 0 atom stereocenters. The number of amides is 1. The first kappa shape index (κ1) is 13.4. The van der Waals surface area contributed by atoms with E-state index in [-0.39, 0.29) is 5.91 Å². The first-order valence-corrected chi connectivity index (χ1v) is 7.15. The first-order chi connectivity index (χ1) is 8.72. The fourth-order valence-corrected chi connectivity index (χ4v) is 3.10. The molecule has 0 aromatic carbocycles. The number of rotatable bonds is 2. The van der Waals surface area contributed by atoms with Crippen LogP contribution in [0.2, 0.25) is 0 Å². The predicted octanol–water partition coefficient (Wildman–Crippen LogP) is 1.62. The fourth-order valence-electron chi connectivity index (χ4n) is 3.10. The normalized spacial score (nSPS) is 24.6. The standard InChI is InChI=1S/C14H23N3O/c1-2-16-8-10-17(11-9-16)13(18)14(12-15)6-4-3-5-7-14/h2-11H2,1H3. The van der Waals surface area contributed by atoms with Crippen molar-refractivity contribution in [3.8, 4) is 6.07 Å². The van der Waals surface area contributed by atoms with E-state index >= 15 is 0 Å². The van der Waals surface area contributed by atoms with Crippen molar-refractivity contribution in [1.29, 1.82) is 5.26 Å². The van der Waals surface area contributed by atoms with E-state index in [1.807, 2.05) is 4.90 Å². The van der Waals surface area contributed by atoms with E-state index in [1.54, 1.807) is 0 Å². The summed E-state index contributed by atoms with van der Waals surface area (Å²) in [5, 5.41) is 9.43. The van der Waals surface area contributed by atoms with Crippen molar-refractivity contribution in [2.24, 2.45) is 5.41 Å². The molecule has 1 amide bonds. The Hall–Kier alpha value is -1.08. The molecule has 0 radical (unpaired) electrons. The van der Waals surface area contributed by atoms with Gasteiger partial charge in [-0.3, -0.25) is 4.79 Å². The summed E-state index contributed by atoms with van der Waals surface area (Å²) in [6.45, 7) is 6.67. The van der Waals surface area contributed by atoms with Crippen LogP contribution in [-0.2, 0) is 4.79 Å². The molecule has 18 heavy (non-hydrogen) atoms. The average Bonchev–Trinajstić information content (AvgIpc) is 2.47. The Kier molecular flexibility index (Phi) is 4.23. The van der Waals surface area contributed by atoms with Gasteiger partial charge in [0.25, 0.3) is 0 Å². The SMILES string of the molecule is CCN1CCN(C(=O)C2(C#N)CCCCC2)CC1. The Morgan fingerprint density at radius 1 is 1.17 bits per heavy atom. The molecule has 2 aliphatic rings. The van der Waals surface area contributed by atoms with Crippen LogP contribution < -0.4 is 0 Å². The molecule has 2 rings (SSSR count). The van der Waals surface area contributed by atoms with Gasteiger partial charge < -0.3 is 9.80 Å². The summed E-state index contributed by atoms with van der Waals surface area (Å²) < 4.78 is 0. The maximum Gasteiger partial charge on any atom is 0.243 e. The Morgan fingerprint density at radius 3 is 2.28 bits per heavy atom. The summed E-state index contributed by atoms with van der Waals surface area (Å²) in [6.07, 6.45) is 4.73. The molecule has 1 heterocycles. The minimum absolute atomic E-state index is 0.0976. The molecule has 1 aliphatic carbocycles. The van der Waals surface area contributed by atoms with Crippen molar-refractivity contribution in [3.63, 3.8) is 0 Å². The predicted molar refractivity (Wildman–Crippen MR) is 69.8 cm³/mol. The highest BCUT2D eigenvalue weighted by Crippen LogP contribution is 2.37. The average molecular weight is 249 g/mol. The second-order valence-electron chi connectivity index (χ2n) is 5.48. The zero-order chi connectivity index (χ0) is 13.0. The van der Waals surface area contributed by atoms with Gasteiger partial charge in [0, 0.05) is 26.2 Å². The summed E-state index contributed by atoms with van der Waals surface area (Å²) in [5.41, 5.74) is -0.702. The third-order valence-corrected chi connectivity index (χ3v) is 4.44. The van der Waals surface area contributed by atoms with Gasteiger partial charge in [-0.2, -0.15) is 5.26 Å². The van der Waals surface area contributed by atoms with Crippen molar-refractivity contribution >= 4 is 5.91 Å². The summed E-state index contributed by atoms with van der Waals surface area (Å²) in [7, 11) is 0. The maximum atomic E-state index is 12.6. The molecular formula is C14H23N3O. The van der Waals surface area contributed by atoms with E-state index in [0.29, 0.717) is 0 Å². The molecule has 1 saturated heterocycles. The molecule has 4 heteroatoms. The zero-order valence-electron chi connectivity index (χ0n) is 11.3. The van der Waals surface area contributed by atoms with Crippen LogP contribution in [0.25, 0.3) is 0 Å². The van der Waals surface area contributed by atoms with Gasteiger partial charge in [0.1, 0.15) is 5.41 Å². The number of nitriles is 1. The quantitative estimate of drug-likeness (QED) is 0.747. The summed E-state index contributed by atoms with van der Waals surface area (Å²) in [5.74, 6) is 0.0976. The van der Waals surface area contributed by atoms with Crippen LogP contribution >= 0.6 is 0 Å². The molecule has 4 nitrogen and oxygen atoms in total. The van der Waals surface area contributed by atoms with E-state index in [9.17, 15) is 10.1 Å². The second kappa shape index (κ2) is 5.71. The highest BCUT2D eigenvalue weighted by Gasteiger charge is 2.42. The minimum atomic E-state index is -0.702. The topological polar surface area (TPSA) is 47.3 Å². The van der Waals surface area contributed by atoms with Crippen LogP contribution in [0.15, 0.2) is 0 Å². The van der Waals surface area contributed by atoms with Gasteiger partial charge in [-0.25, -0.2) is 0 Å². The number of likely N-dealkylation sites (N-methyl/N-ethyl adjacent to an activating group) is 1. The van der Waals surface area contributed by atoms with Gasteiger partial charge in [0.15, 0.2) is 0 Å². The molecule has 0 spiro atoms. The van der Waals surface area contributed by atoms with Crippen LogP contribution in [0.4, 0.5) is 0 Å². The smallest absolute Gasteiger partial charge is 0.243 e. The lowest BCUT2D eigenvalue weighted by Gasteiger charge is -2.39. The fraction of sp³-hybridized carbons (Fsp3) is 0.857. The van der Waals surface area contributed by atoms with E-state index < -0.39 is 5.41 Å². The van der Waals surface area contributed by atoms with Gasteiger partial charge >= 0.3 is 0 Å². The monoisotopic (exact) mass is 249 g/mol. The summed E-state index contributed by atoms with van der Waals surface area (Å²) in [6, 6.07) is 2.33. The van der Waals surface area contributed by atoms with Crippen LogP contribution in [0.1, 0.15) is 39.0 Å². The lowest BCUT2D eigenvalue weighted by molar-refractivity contribution is -0.142. The summed E-state index contributed by atoms with van der Waals surface area (Å²) in [4.78, 5) is 16.9. The number of piperazine rings is 1. The first-order valence-electron chi connectivity index (χ1n) is 7.15. The van der Waals surface area contributed by atoms with Crippen molar-refractivity contribution in [1.82, 2.24) is 9.80 Å². The highest BCUT2D eigenvalue weighted by molar-refractivity contribution is 5.85. The van der Waals surface area contributed by atoms with Gasteiger partial charge in [-0.15, -0.1) is 0 Å². The molecule has 0 aromatic rings. The lowest BCUT2D eigenvalue weighted by atomic mass is 9.74. The largest absolute Gasteiger partial charge is 0.339 e. The van der Waals surface area contributed by atoms with E-state index in [4.69, 9.17) is 0 Å². The number of carbonyl (C=O) groups excluding carboxylic acids is 1. The molecular weight excluding hydrogens is 226 g/mol. The lowest BCUT2D eigenvalue weighted by Crippen LogP contribution is -2.53. The number of nitrogens with zero attached hydrogens (tertiary/aromatic N) is 3. The molecule has 1 saturated carbocycles. The molecule has 0 aromatic heterocycles. The van der Waals surface area contributed by atoms with Crippen molar-refractivity contribution in [3.05, 3.63) is 0 Å². The molecule has 2 fully saturated rings. The third kappa shape index (κ3) is 2.51. The van der Waals surface area contributed by atoms with Crippen molar-refractivity contribution in [2.45, 2.75) is 39.0 Å². The van der Waals surface area contributed by atoms with Crippen LogP contribution in [0.3, 0.4) is 0 Å². The molecule has 1 aliphatic heterocycles. The summed E-state index contributed by atoms with van der Waals surface area (Å²) >= 11 is 0.